The van der Waals surface area contributed by atoms with Gasteiger partial charge in [-0.1, -0.05) is 20.8 Å². The number of nitrogens with one attached hydrogen (secondary N) is 2. The number of carbonyl (C=O) groups excluding carboxylic acids is 4. The number of aliphatic hydroxyl groups excluding tert-OH is 5. The maximum Gasteiger partial charge on any atom is 0.414 e. The standard InChI is InChI=1S/C10H19NO5.C6H15N.2C5H11NO3.C4H9NO3.C2H2O4.C2H2/c1-6(13)7(10(15)16-3)4-9(14)8(5-12)11-2;1-4-7(5-2)6-3;2*1-3(7)4(6)5(8)9-2;1-5-3(2-6)4(7)8;3-1(4)2(5)6;1-2/h6-8,11-13H,4-5H2,1-3H3;4-6H2,1-3H3;2*3-4,7H,6H2,1-2H3;3,5-6H,2H2,1H3,(H,7,8);(H,3,4)(H,5,6);1-2H/t6-,7?,8+;;2*3-,4?;3-;;/m1.110../s1/i;;;;;;1D. The number of esters is 3. The molecule has 0 heterocycles. The van der Waals surface area contributed by atoms with Crippen LogP contribution in [0.4, 0.5) is 0 Å². The van der Waals surface area contributed by atoms with Gasteiger partial charge >= 0.3 is 35.8 Å². The number of likely N-dealkylation sites (N-methyl/N-ethyl adjacent to an activating group) is 2. The fourth-order valence-corrected chi connectivity index (χ4v) is 2.95. The van der Waals surface area contributed by atoms with E-state index < -0.39 is 84.2 Å². The van der Waals surface area contributed by atoms with Gasteiger partial charge < -0.3 is 82.1 Å². The summed E-state index contributed by atoms with van der Waals surface area (Å²) < 4.78 is 18.7. The first kappa shape index (κ1) is 64.5. The summed E-state index contributed by atoms with van der Waals surface area (Å²) in [6.45, 7) is 13.7. The number of ether oxygens (including phenoxy) is 3. The maximum atomic E-state index is 11.6. The van der Waals surface area contributed by atoms with Crippen LogP contribution in [0.5, 0.6) is 0 Å². The SMILES string of the molecule is CCN(CC)CC.CN[C@@H](CO)C(=O)CC(C(=O)OC)[C@@H](C)O.CN[C@@H](CO)C(=O)O.COC(=O)C(N)[C@@H](C)O.COC(=O)C(N)[C@@H](C)O.O=C(O)C(=O)O.[2H]C#C. The Morgan fingerprint density at radius 3 is 1.07 bits per heavy atom. The van der Waals surface area contributed by atoms with E-state index in [9.17, 15) is 29.1 Å². The van der Waals surface area contributed by atoms with Gasteiger partial charge in [-0.15, -0.1) is 12.8 Å². The van der Waals surface area contributed by atoms with E-state index in [1.807, 2.05) is 0 Å². The van der Waals surface area contributed by atoms with E-state index in [2.05, 4.69) is 56.9 Å². The number of nitrogens with zero attached hydrogens (tertiary/aromatic N) is 1. The molecule has 338 valence electrons. The number of ketones is 1. The monoisotopic (exact) mass is 836 g/mol. The first-order chi connectivity index (χ1) is 26.8. The minimum absolute atomic E-state index is 0.156. The number of methoxy groups -OCH3 is 3. The molecule has 0 spiro atoms. The van der Waals surface area contributed by atoms with E-state index in [1.165, 1.54) is 82.2 Å². The van der Waals surface area contributed by atoms with Crippen LogP contribution in [0.15, 0.2) is 0 Å². The molecule has 3 unspecified atom stereocenters. The third-order valence-electron chi connectivity index (χ3n) is 6.77. The number of hydrogen-bond donors (Lipinski definition) is 12. The third-order valence-corrected chi connectivity index (χ3v) is 6.77. The zero-order valence-corrected chi connectivity index (χ0v) is 34.7. The molecule has 0 aromatic heterocycles. The van der Waals surface area contributed by atoms with E-state index in [1.54, 1.807) is 0 Å². The third kappa shape index (κ3) is 41.1. The van der Waals surface area contributed by atoms with Crippen LogP contribution in [-0.2, 0) is 47.8 Å². The van der Waals surface area contributed by atoms with Crippen molar-refractivity contribution >= 4 is 41.6 Å². The van der Waals surface area contributed by atoms with Crippen molar-refractivity contribution in [2.24, 2.45) is 17.4 Å². The molecular formula is C34H69N5O18. The summed E-state index contributed by atoms with van der Waals surface area (Å²) >= 11 is 0. The van der Waals surface area contributed by atoms with E-state index >= 15 is 0 Å². The second kappa shape index (κ2) is 44.4. The Balaban J connectivity index is -0.000000110. The number of aliphatic carboxylic acids is 3. The molecule has 0 saturated heterocycles. The average Bonchev–Trinajstić information content (AvgIpc) is 3.18. The number of carboxylic acid groups (broad SMARTS) is 3. The van der Waals surface area contributed by atoms with Gasteiger partial charge in [0, 0.05) is 6.42 Å². The molecule has 57 heavy (non-hydrogen) atoms. The van der Waals surface area contributed by atoms with Gasteiger partial charge in [0.2, 0.25) is 0 Å². The summed E-state index contributed by atoms with van der Waals surface area (Å²) in [7, 11) is 6.67. The smallest absolute Gasteiger partial charge is 0.414 e. The first-order valence-electron chi connectivity index (χ1n) is 17.5. The van der Waals surface area contributed by atoms with E-state index in [-0.39, 0.29) is 25.4 Å². The van der Waals surface area contributed by atoms with Gasteiger partial charge in [-0.3, -0.25) is 24.0 Å². The molecule has 0 fully saturated rings. The molecule has 8 atom stereocenters. The van der Waals surface area contributed by atoms with Crippen LogP contribution < -0.4 is 22.1 Å². The van der Waals surface area contributed by atoms with Crippen molar-refractivity contribution < 1.29 is 90.0 Å². The summed E-state index contributed by atoms with van der Waals surface area (Å²) in [5.74, 6) is -7.72. The van der Waals surface area contributed by atoms with Crippen LogP contribution in [0.3, 0.4) is 0 Å². The zero-order valence-electron chi connectivity index (χ0n) is 35.7. The van der Waals surface area contributed by atoms with Gasteiger partial charge in [0.25, 0.3) is 0 Å². The second-order valence-electron chi connectivity index (χ2n) is 10.7. The molecule has 0 aromatic carbocycles. The van der Waals surface area contributed by atoms with Crippen LogP contribution in [0.1, 0.15) is 49.3 Å². The molecule has 23 heteroatoms. The zero-order chi connectivity index (χ0) is 47.7. The van der Waals surface area contributed by atoms with Crippen LogP contribution in [-0.4, -0.2) is 198 Å². The van der Waals surface area contributed by atoms with Crippen molar-refractivity contribution in [3.63, 3.8) is 0 Å². The predicted molar refractivity (Wildman–Crippen MR) is 206 cm³/mol. The van der Waals surface area contributed by atoms with Crippen LogP contribution in [0, 0.1) is 18.7 Å². The van der Waals surface area contributed by atoms with Gasteiger partial charge in [-0.25, -0.2) is 9.59 Å². The van der Waals surface area contributed by atoms with E-state index in [0.717, 1.165) is 0 Å². The van der Waals surface area contributed by atoms with Gasteiger partial charge in [-0.2, -0.15) is 0 Å². The molecule has 0 aliphatic heterocycles. The lowest BCUT2D eigenvalue weighted by Crippen LogP contribution is -2.40. The molecule has 0 amide bonds. The van der Waals surface area contributed by atoms with Crippen molar-refractivity contribution in [3.05, 3.63) is 0 Å². The lowest BCUT2D eigenvalue weighted by atomic mass is 9.94. The highest BCUT2D eigenvalue weighted by molar-refractivity contribution is 6.27. The normalized spacial score (nSPS) is 13.8. The van der Waals surface area contributed by atoms with Crippen LogP contribution in [0.25, 0.3) is 0 Å². The summed E-state index contributed by atoms with van der Waals surface area (Å²) in [6.07, 6.45) is 2.94. The number of nitrogens with two attached hydrogens (primary N) is 2. The molecule has 0 bridgehead atoms. The molecule has 14 N–H and O–H groups in total. The van der Waals surface area contributed by atoms with Crippen molar-refractivity contribution in [2.45, 2.75) is 90.4 Å². The van der Waals surface area contributed by atoms with Crippen molar-refractivity contribution in [3.8, 4) is 12.8 Å². The van der Waals surface area contributed by atoms with Crippen LogP contribution >= 0.6 is 0 Å². The molecule has 0 aliphatic carbocycles. The Labute approximate surface area is 336 Å². The van der Waals surface area contributed by atoms with Crippen molar-refractivity contribution in [1.82, 2.24) is 15.5 Å². The van der Waals surface area contributed by atoms with Crippen molar-refractivity contribution in [2.75, 3.05) is 68.3 Å². The lowest BCUT2D eigenvalue weighted by molar-refractivity contribution is -0.159. The summed E-state index contributed by atoms with van der Waals surface area (Å²) in [5, 5.41) is 71.8. The Bertz CT molecular complexity index is 1090. The molecule has 0 rings (SSSR count). The molecule has 0 aliphatic rings. The highest BCUT2D eigenvalue weighted by atomic mass is 16.5. The number of aliphatic hydroxyl groups is 5. The van der Waals surface area contributed by atoms with Gasteiger partial charge in [0.15, 0.2) is 5.78 Å². The first-order valence-corrected chi connectivity index (χ1v) is 17.0. The fourth-order valence-electron chi connectivity index (χ4n) is 2.95. The molecule has 0 saturated carbocycles. The quantitative estimate of drug-likeness (QED) is 0.0286. The Morgan fingerprint density at radius 1 is 0.667 bits per heavy atom. The van der Waals surface area contributed by atoms with E-state index in [4.69, 9.17) is 58.2 Å². The van der Waals surface area contributed by atoms with E-state index in [0.29, 0.717) is 0 Å². The summed E-state index contributed by atoms with van der Waals surface area (Å²) in [5.41, 5.74) is 10.3. The second-order valence-corrected chi connectivity index (χ2v) is 10.7. The fraction of sp³-hybridized carbons (Fsp3) is 0.735. The summed E-state index contributed by atoms with van der Waals surface area (Å²) in [4.78, 5) is 74.3. The number of carbonyl (C=O) groups is 7. The van der Waals surface area contributed by atoms with Gasteiger partial charge in [-0.05, 0) is 54.5 Å². The minimum atomic E-state index is -1.82. The molecule has 0 radical (unpaired) electrons. The number of hydrogen-bond acceptors (Lipinski definition) is 20. The molecule has 23 nitrogen and oxygen atoms in total. The Hall–Kier alpha value is -4.35. The Kier molecular flexibility index (Phi) is 50.2. The lowest BCUT2D eigenvalue weighted by Gasteiger charge is -2.19. The largest absolute Gasteiger partial charge is 0.480 e. The maximum absolute atomic E-state index is 11.6. The Morgan fingerprint density at radius 2 is 0.965 bits per heavy atom. The predicted octanol–water partition coefficient (Wildman–Crippen LogP) is -4.16. The van der Waals surface area contributed by atoms with Gasteiger partial charge in [0.1, 0.15) is 19.5 Å². The number of rotatable bonds is 17. The number of carboxylic acids is 3. The van der Waals surface area contributed by atoms with Crippen LogP contribution in [0.2, 0.25) is 0 Å². The topological polar surface area (TPSA) is 388 Å². The highest BCUT2D eigenvalue weighted by Crippen LogP contribution is 2.13. The number of Topliss-reactive ketones (excluding diaryl/α,β-unsaturated/α-hetero) is 1. The van der Waals surface area contributed by atoms with Gasteiger partial charge in [0.05, 0.1) is 64.8 Å². The average molecular weight is 837 g/mol. The molecule has 0 aromatic rings. The van der Waals surface area contributed by atoms with Crippen molar-refractivity contribution in [1.29, 1.82) is 0 Å². The summed E-state index contributed by atoms with van der Waals surface area (Å²) in [6, 6.07) is -3.38. The number of terminal acetylenes is 1. The molecular weight excluding hydrogens is 766 g/mol. The highest BCUT2D eigenvalue weighted by Gasteiger charge is 2.29. The minimum Gasteiger partial charge on any atom is -0.480 e.